The third kappa shape index (κ3) is 1.79. The highest BCUT2D eigenvalue weighted by molar-refractivity contribution is 6.10. The van der Waals surface area contributed by atoms with Gasteiger partial charge in [-0.05, 0) is 24.5 Å². The van der Waals surface area contributed by atoms with Crippen LogP contribution in [0, 0.1) is 0 Å². The Morgan fingerprint density at radius 1 is 1.44 bits per heavy atom. The van der Waals surface area contributed by atoms with Crippen LogP contribution in [0.15, 0.2) is 30.6 Å². The van der Waals surface area contributed by atoms with Crippen molar-refractivity contribution in [2.75, 3.05) is 11.9 Å². The first-order valence-electron chi connectivity index (χ1n) is 6.15. The highest BCUT2D eigenvalue weighted by atomic mass is 16.1. The molecule has 2 aromatic rings. The quantitative estimate of drug-likeness (QED) is 0.818. The van der Waals surface area contributed by atoms with Crippen LogP contribution in [-0.4, -0.2) is 22.1 Å². The first kappa shape index (κ1) is 11.0. The van der Waals surface area contributed by atoms with Crippen molar-refractivity contribution in [1.29, 1.82) is 0 Å². The minimum absolute atomic E-state index is 0.0589. The summed E-state index contributed by atoms with van der Waals surface area (Å²) in [5.41, 5.74) is 3.68. The number of rotatable bonds is 2. The third-order valence-electron chi connectivity index (χ3n) is 3.31. The van der Waals surface area contributed by atoms with Gasteiger partial charge in [-0.1, -0.05) is 12.1 Å². The van der Waals surface area contributed by atoms with Crippen molar-refractivity contribution in [3.63, 3.8) is 0 Å². The average molecular weight is 241 g/mol. The maximum absolute atomic E-state index is 12.5. The molecule has 0 spiro atoms. The fourth-order valence-corrected chi connectivity index (χ4v) is 2.42. The van der Waals surface area contributed by atoms with E-state index in [-0.39, 0.29) is 5.78 Å². The van der Waals surface area contributed by atoms with E-state index in [0.29, 0.717) is 5.56 Å². The summed E-state index contributed by atoms with van der Waals surface area (Å²) in [6.07, 6.45) is 5.42. The summed E-state index contributed by atoms with van der Waals surface area (Å²) in [4.78, 5) is 12.5. The first-order valence-corrected chi connectivity index (χ1v) is 6.15. The Morgan fingerprint density at radius 2 is 2.33 bits per heavy atom. The molecule has 1 aromatic heterocycles. The topological polar surface area (TPSA) is 46.9 Å². The lowest BCUT2D eigenvalue weighted by Crippen LogP contribution is -2.15. The monoisotopic (exact) mass is 241 g/mol. The molecule has 0 saturated carbocycles. The van der Waals surface area contributed by atoms with Gasteiger partial charge in [-0.2, -0.15) is 5.10 Å². The zero-order chi connectivity index (χ0) is 12.5. The van der Waals surface area contributed by atoms with E-state index in [1.165, 1.54) is 0 Å². The molecule has 4 nitrogen and oxygen atoms in total. The number of aromatic nitrogens is 2. The Hall–Kier alpha value is -2.10. The summed E-state index contributed by atoms with van der Waals surface area (Å²) in [5.74, 6) is 0.0589. The fraction of sp³-hybridized carbons (Fsp3) is 0.286. The molecule has 3 rings (SSSR count). The number of hydrogen-bond acceptors (Lipinski definition) is 3. The van der Waals surface area contributed by atoms with Crippen LogP contribution in [0.4, 0.5) is 5.69 Å². The Balaban J connectivity index is 2.04. The Labute approximate surface area is 106 Å². The summed E-state index contributed by atoms with van der Waals surface area (Å²) in [7, 11) is 1.82. The molecule has 92 valence electrons. The minimum Gasteiger partial charge on any atom is -0.385 e. The maximum atomic E-state index is 12.5. The number of carbonyl (C=O) groups excluding carboxylic acids is 1. The van der Waals surface area contributed by atoms with Gasteiger partial charge in [-0.25, -0.2) is 0 Å². The average Bonchev–Trinajstić information content (AvgIpc) is 2.84. The number of anilines is 1. The number of benzene rings is 1. The molecule has 0 atom stereocenters. The second-order valence-electron chi connectivity index (χ2n) is 4.59. The molecule has 2 heterocycles. The van der Waals surface area contributed by atoms with E-state index in [1.54, 1.807) is 17.1 Å². The summed E-state index contributed by atoms with van der Waals surface area (Å²) in [6.45, 7) is 0.984. The maximum Gasteiger partial charge on any atom is 0.196 e. The van der Waals surface area contributed by atoms with E-state index in [0.717, 1.165) is 36.2 Å². The Bertz CT molecular complexity index is 601. The van der Waals surface area contributed by atoms with E-state index in [2.05, 4.69) is 10.4 Å². The lowest BCUT2D eigenvalue weighted by Gasteiger charge is -2.20. The Kier molecular flexibility index (Phi) is 2.63. The second-order valence-corrected chi connectivity index (χ2v) is 4.59. The number of nitrogens with one attached hydrogen (secondary N) is 1. The fourth-order valence-electron chi connectivity index (χ4n) is 2.42. The van der Waals surface area contributed by atoms with Gasteiger partial charge in [0.15, 0.2) is 5.78 Å². The van der Waals surface area contributed by atoms with Crippen molar-refractivity contribution in [3.05, 3.63) is 47.3 Å². The van der Waals surface area contributed by atoms with Crippen LogP contribution < -0.4 is 5.32 Å². The van der Waals surface area contributed by atoms with Crippen LogP contribution in [0.2, 0.25) is 0 Å². The Morgan fingerprint density at radius 3 is 3.11 bits per heavy atom. The lowest BCUT2D eigenvalue weighted by molar-refractivity contribution is 0.103. The van der Waals surface area contributed by atoms with Crippen LogP contribution >= 0.6 is 0 Å². The predicted octanol–water partition coefficient (Wildman–Crippen LogP) is 2.01. The van der Waals surface area contributed by atoms with Crippen LogP contribution in [0.3, 0.4) is 0 Å². The SMILES string of the molecule is Cn1cc(C(=O)c2cccc3c2CCCN3)cn1. The molecule has 0 unspecified atom stereocenters. The van der Waals surface area contributed by atoms with E-state index >= 15 is 0 Å². The third-order valence-corrected chi connectivity index (χ3v) is 3.31. The highest BCUT2D eigenvalue weighted by Gasteiger charge is 2.19. The van der Waals surface area contributed by atoms with Crippen LogP contribution in [0.25, 0.3) is 0 Å². The summed E-state index contributed by atoms with van der Waals surface area (Å²) in [6, 6.07) is 5.87. The standard InChI is InChI=1S/C14H15N3O/c1-17-9-10(8-16-17)14(18)12-4-2-6-13-11(12)5-3-7-15-13/h2,4,6,8-9,15H,3,5,7H2,1H3. The molecule has 0 saturated heterocycles. The summed E-state index contributed by atoms with van der Waals surface area (Å²) in [5, 5.41) is 7.40. The number of ketones is 1. The van der Waals surface area contributed by atoms with Crippen molar-refractivity contribution in [1.82, 2.24) is 9.78 Å². The molecule has 18 heavy (non-hydrogen) atoms. The summed E-state index contributed by atoms with van der Waals surface area (Å²) >= 11 is 0. The first-order chi connectivity index (χ1) is 8.75. The smallest absolute Gasteiger partial charge is 0.196 e. The molecule has 4 heteroatoms. The van der Waals surface area contributed by atoms with Gasteiger partial charge in [0.05, 0.1) is 11.8 Å². The number of aryl methyl sites for hydroxylation is 1. The van der Waals surface area contributed by atoms with Gasteiger partial charge >= 0.3 is 0 Å². The molecule has 1 aliphatic rings. The molecule has 0 fully saturated rings. The lowest BCUT2D eigenvalue weighted by atomic mass is 9.93. The number of carbonyl (C=O) groups is 1. The molecule has 0 bridgehead atoms. The normalized spacial score (nSPS) is 13.8. The molecule has 1 aliphatic heterocycles. The van der Waals surface area contributed by atoms with Gasteiger partial charge in [0.25, 0.3) is 0 Å². The van der Waals surface area contributed by atoms with E-state index in [9.17, 15) is 4.79 Å². The van der Waals surface area contributed by atoms with E-state index < -0.39 is 0 Å². The molecular weight excluding hydrogens is 226 g/mol. The highest BCUT2D eigenvalue weighted by Crippen LogP contribution is 2.26. The van der Waals surface area contributed by atoms with Crippen LogP contribution in [-0.2, 0) is 13.5 Å². The minimum atomic E-state index is 0.0589. The van der Waals surface area contributed by atoms with Crippen LogP contribution in [0.5, 0.6) is 0 Å². The number of hydrogen-bond donors (Lipinski definition) is 1. The molecule has 0 radical (unpaired) electrons. The van der Waals surface area contributed by atoms with Crippen molar-refractivity contribution < 1.29 is 4.79 Å². The largest absolute Gasteiger partial charge is 0.385 e. The molecular formula is C14H15N3O. The van der Waals surface area contributed by atoms with Crippen molar-refractivity contribution in [3.8, 4) is 0 Å². The number of fused-ring (bicyclic) bond motifs is 1. The zero-order valence-electron chi connectivity index (χ0n) is 10.3. The second kappa shape index (κ2) is 4.29. The molecule has 1 aromatic carbocycles. The predicted molar refractivity (Wildman–Crippen MR) is 69.9 cm³/mol. The molecule has 1 N–H and O–H groups in total. The van der Waals surface area contributed by atoms with Crippen LogP contribution in [0.1, 0.15) is 27.9 Å². The molecule has 0 aliphatic carbocycles. The van der Waals surface area contributed by atoms with Gasteiger partial charge in [0.1, 0.15) is 0 Å². The van der Waals surface area contributed by atoms with Gasteiger partial charge in [0, 0.05) is 31.0 Å². The zero-order valence-corrected chi connectivity index (χ0v) is 10.3. The van der Waals surface area contributed by atoms with Crippen molar-refractivity contribution in [2.45, 2.75) is 12.8 Å². The summed E-state index contributed by atoms with van der Waals surface area (Å²) < 4.78 is 1.65. The van der Waals surface area contributed by atoms with Gasteiger partial charge in [-0.15, -0.1) is 0 Å². The van der Waals surface area contributed by atoms with Crippen molar-refractivity contribution >= 4 is 11.5 Å². The van der Waals surface area contributed by atoms with Gasteiger partial charge in [0.2, 0.25) is 0 Å². The van der Waals surface area contributed by atoms with E-state index in [1.807, 2.05) is 25.2 Å². The van der Waals surface area contributed by atoms with Crippen molar-refractivity contribution in [2.24, 2.45) is 7.05 Å². The molecule has 0 amide bonds. The number of nitrogens with zero attached hydrogens (tertiary/aromatic N) is 2. The van der Waals surface area contributed by atoms with Gasteiger partial charge < -0.3 is 5.32 Å². The van der Waals surface area contributed by atoms with E-state index in [4.69, 9.17) is 0 Å². The van der Waals surface area contributed by atoms with Gasteiger partial charge in [-0.3, -0.25) is 9.48 Å².